The van der Waals surface area contributed by atoms with Crippen LogP contribution in [0.15, 0.2) is 54.6 Å². The van der Waals surface area contributed by atoms with Crippen LogP contribution in [-0.4, -0.2) is 29.0 Å². The van der Waals surface area contributed by atoms with E-state index in [4.69, 9.17) is 16.3 Å². The maximum atomic E-state index is 13.0. The van der Waals surface area contributed by atoms with Crippen molar-refractivity contribution in [1.82, 2.24) is 9.97 Å². The summed E-state index contributed by atoms with van der Waals surface area (Å²) < 4.78 is 5.95. The number of benzene rings is 2. The monoisotopic (exact) mass is 436 g/mol. The largest absolute Gasteiger partial charge is 0.455 e. The summed E-state index contributed by atoms with van der Waals surface area (Å²) in [5.74, 6) is 1.88. The van der Waals surface area contributed by atoms with Crippen molar-refractivity contribution in [3.05, 3.63) is 71.0 Å². The third-order valence-corrected chi connectivity index (χ3v) is 5.52. The van der Waals surface area contributed by atoms with Crippen molar-refractivity contribution in [1.29, 1.82) is 0 Å². The first-order valence-electron chi connectivity index (χ1n) is 10.4. The molecule has 1 saturated heterocycles. The molecule has 1 aliphatic rings. The fourth-order valence-corrected chi connectivity index (χ4v) is 3.90. The molecule has 7 heteroatoms. The highest BCUT2D eigenvalue weighted by Crippen LogP contribution is 2.33. The molecule has 4 rings (SSSR count). The van der Waals surface area contributed by atoms with E-state index in [9.17, 15) is 4.79 Å². The highest BCUT2D eigenvalue weighted by Gasteiger charge is 2.27. The van der Waals surface area contributed by atoms with E-state index in [0.717, 1.165) is 43.3 Å². The zero-order valence-electron chi connectivity index (χ0n) is 17.6. The number of hydrogen-bond donors (Lipinski definition) is 1. The van der Waals surface area contributed by atoms with Gasteiger partial charge in [-0.25, -0.2) is 9.97 Å². The molecule has 0 saturated carbocycles. The smallest absolute Gasteiger partial charge is 0.227 e. The second-order valence-corrected chi connectivity index (χ2v) is 8.19. The van der Waals surface area contributed by atoms with Gasteiger partial charge in [0.1, 0.15) is 5.75 Å². The molecule has 1 N–H and O–H groups in total. The molecular formula is C24H25ClN4O2. The van der Waals surface area contributed by atoms with Crippen molar-refractivity contribution in [2.45, 2.75) is 26.7 Å². The average molecular weight is 437 g/mol. The van der Waals surface area contributed by atoms with Crippen LogP contribution in [0.2, 0.25) is 5.02 Å². The number of nitrogens with one attached hydrogen (secondary N) is 1. The molecule has 0 bridgehead atoms. The van der Waals surface area contributed by atoms with Gasteiger partial charge < -0.3 is 15.0 Å². The molecule has 1 aromatic heterocycles. The Hall–Kier alpha value is -3.12. The summed E-state index contributed by atoms with van der Waals surface area (Å²) in [6, 6.07) is 16.7. The SMILES string of the molecule is Cc1cc(C)nc(N2CCC(C(=O)Nc3cc(Cl)ccc3Oc3ccccc3)CC2)n1. The summed E-state index contributed by atoms with van der Waals surface area (Å²) >= 11 is 6.17. The number of anilines is 2. The molecular weight excluding hydrogens is 412 g/mol. The van der Waals surface area contributed by atoms with Gasteiger partial charge in [-0.3, -0.25) is 4.79 Å². The first-order valence-corrected chi connectivity index (χ1v) is 10.8. The van der Waals surface area contributed by atoms with Crippen molar-refractivity contribution >= 4 is 29.1 Å². The normalized spacial score (nSPS) is 14.4. The molecule has 1 fully saturated rings. The molecule has 0 spiro atoms. The Morgan fingerprint density at radius 2 is 1.71 bits per heavy atom. The van der Waals surface area contributed by atoms with Gasteiger partial charge in [0.25, 0.3) is 0 Å². The molecule has 31 heavy (non-hydrogen) atoms. The Labute approximate surface area is 187 Å². The predicted octanol–water partition coefficient (Wildman–Crippen LogP) is 5.39. The van der Waals surface area contributed by atoms with E-state index in [0.29, 0.717) is 22.2 Å². The molecule has 2 aromatic carbocycles. The standard InChI is InChI=1S/C24H25ClN4O2/c1-16-14-17(2)27-24(26-16)29-12-10-18(11-13-29)23(30)28-21-15-19(25)8-9-22(21)31-20-6-4-3-5-7-20/h3-9,14-15,18H,10-13H2,1-2H3,(H,28,30). The van der Waals surface area contributed by atoms with Gasteiger partial charge in [-0.1, -0.05) is 29.8 Å². The fourth-order valence-electron chi connectivity index (χ4n) is 3.73. The number of ether oxygens (including phenoxy) is 1. The molecule has 160 valence electrons. The summed E-state index contributed by atoms with van der Waals surface area (Å²) in [5.41, 5.74) is 2.48. The Balaban J connectivity index is 1.41. The lowest BCUT2D eigenvalue weighted by Gasteiger charge is -2.31. The number of amides is 1. The number of rotatable bonds is 5. The lowest BCUT2D eigenvalue weighted by atomic mass is 9.96. The molecule has 0 aliphatic carbocycles. The molecule has 6 nitrogen and oxygen atoms in total. The highest BCUT2D eigenvalue weighted by atomic mass is 35.5. The van der Waals surface area contributed by atoms with Crippen LogP contribution in [0.4, 0.5) is 11.6 Å². The summed E-state index contributed by atoms with van der Waals surface area (Å²) in [7, 11) is 0. The quantitative estimate of drug-likeness (QED) is 0.580. The van der Waals surface area contributed by atoms with E-state index in [2.05, 4.69) is 20.2 Å². The van der Waals surface area contributed by atoms with E-state index in [-0.39, 0.29) is 11.8 Å². The minimum atomic E-state index is -0.0919. The van der Waals surface area contributed by atoms with Gasteiger partial charge in [-0.15, -0.1) is 0 Å². The molecule has 1 amide bonds. The zero-order valence-corrected chi connectivity index (χ0v) is 18.4. The van der Waals surface area contributed by atoms with Gasteiger partial charge in [0, 0.05) is 35.4 Å². The summed E-state index contributed by atoms with van der Waals surface area (Å²) in [5, 5.41) is 3.56. The van der Waals surface area contributed by atoms with E-state index in [1.54, 1.807) is 18.2 Å². The molecule has 3 aromatic rings. The predicted molar refractivity (Wildman–Crippen MR) is 123 cm³/mol. The number of carbonyl (C=O) groups excluding carboxylic acids is 1. The number of para-hydroxylation sites is 1. The summed E-state index contributed by atoms with van der Waals surface area (Å²) in [6.45, 7) is 5.42. The third kappa shape index (κ3) is 5.33. The van der Waals surface area contributed by atoms with Crippen molar-refractivity contribution in [2.75, 3.05) is 23.3 Å². The molecule has 0 atom stereocenters. The second kappa shape index (κ2) is 9.35. The van der Waals surface area contributed by atoms with Gasteiger partial charge >= 0.3 is 0 Å². The van der Waals surface area contributed by atoms with Crippen LogP contribution in [0.1, 0.15) is 24.2 Å². The van der Waals surface area contributed by atoms with E-state index in [1.807, 2.05) is 50.2 Å². The van der Waals surface area contributed by atoms with Crippen molar-refractivity contribution in [3.8, 4) is 11.5 Å². The van der Waals surface area contributed by atoms with Crippen molar-refractivity contribution in [2.24, 2.45) is 5.92 Å². The summed E-state index contributed by atoms with van der Waals surface area (Å²) in [4.78, 5) is 24.2. The number of carbonyl (C=O) groups is 1. The number of halogens is 1. The molecule has 0 radical (unpaired) electrons. The zero-order chi connectivity index (χ0) is 21.8. The number of aryl methyl sites for hydroxylation is 2. The number of hydrogen-bond acceptors (Lipinski definition) is 5. The topological polar surface area (TPSA) is 67.4 Å². The van der Waals surface area contributed by atoms with E-state index in [1.165, 1.54) is 0 Å². The average Bonchev–Trinajstić information content (AvgIpc) is 2.76. The lowest BCUT2D eigenvalue weighted by molar-refractivity contribution is -0.120. The van der Waals surface area contributed by atoms with Gasteiger partial charge in [-0.2, -0.15) is 0 Å². The van der Waals surface area contributed by atoms with Crippen LogP contribution >= 0.6 is 11.6 Å². The minimum absolute atomic E-state index is 0.0267. The van der Waals surface area contributed by atoms with Crippen LogP contribution < -0.4 is 15.0 Å². The maximum Gasteiger partial charge on any atom is 0.227 e. The number of nitrogens with zero attached hydrogens (tertiary/aromatic N) is 3. The van der Waals surface area contributed by atoms with Crippen LogP contribution in [0.25, 0.3) is 0 Å². The molecule has 0 unspecified atom stereocenters. The van der Waals surface area contributed by atoms with Crippen LogP contribution in [0.5, 0.6) is 11.5 Å². The first kappa shape index (κ1) is 21.1. The Bertz CT molecular complexity index is 1050. The van der Waals surface area contributed by atoms with Gasteiger partial charge in [0.15, 0.2) is 5.75 Å². The van der Waals surface area contributed by atoms with Gasteiger partial charge in [0.05, 0.1) is 5.69 Å². The lowest BCUT2D eigenvalue weighted by Crippen LogP contribution is -2.39. The van der Waals surface area contributed by atoms with Gasteiger partial charge in [0.2, 0.25) is 11.9 Å². The van der Waals surface area contributed by atoms with Gasteiger partial charge in [-0.05, 0) is 63.1 Å². The minimum Gasteiger partial charge on any atom is -0.455 e. The number of aromatic nitrogens is 2. The molecule has 1 aliphatic heterocycles. The van der Waals surface area contributed by atoms with Crippen LogP contribution in [0, 0.1) is 19.8 Å². The Morgan fingerprint density at radius 1 is 1.03 bits per heavy atom. The first-order chi connectivity index (χ1) is 15.0. The Morgan fingerprint density at radius 3 is 2.39 bits per heavy atom. The van der Waals surface area contributed by atoms with Crippen molar-refractivity contribution < 1.29 is 9.53 Å². The van der Waals surface area contributed by atoms with E-state index >= 15 is 0 Å². The van der Waals surface area contributed by atoms with E-state index < -0.39 is 0 Å². The fraction of sp³-hybridized carbons (Fsp3) is 0.292. The third-order valence-electron chi connectivity index (χ3n) is 5.29. The number of piperidine rings is 1. The maximum absolute atomic E-state index is 13.0. The second-order valence-electron chi connectivity index (χ2n) is 7.76. The Kier molecular flexibility index (Phi) is 6.37. The van der Waals surface area contributed by atoms with Crippen molar-refractivity contribution in [3.63, 3.8) is 0 Å². The molecule has 2 heterocycles. The summed E-state index contributed by atoms with van der Waals surface area (Å²) in [6.07, 6.45) is 1.47. The van der Waals surface area contributed by atoms with Crippen LogP contribution in [-0.2, 0) is 4.79 Å². The van der Waals surface area contributed by atoms with Crippen LogP contribution in [0.3, 0.4) is 0 Å². The highest BCUT2D eigenvalue weighted by molar-refractivity contribution is 6.31.